The lowest BCUT2D eigenvalue weighted by Crippen LogP contribution is -2.49. The van der Waals surface area contributed by atoms with Gasteiger partial charge in [-0.2, -0.15) is 0 Å². The molecule has 2 atom stereocenters. The van der Waals surface area contributed by atoms with Crippen molar-refractivity contribution in [1.82, 2.24) is 9.88 Å². The van der Waals surface area contributed by atoms with E-state index in [4.69, 9.17) is 5.73 Å². The summed E-state index contributed by atoms with van der Waals surface area (Å²) >= 11 is 0. The molecule has 0 aromatic carbocycles. The van der Waals surface area contributed by atoms with Crippen LogP contribution < -0.4 is 16.6 Å². The first kappa shape index (κ1) is 12.8. The number of hydrogen-bond donors (Lipinski definition) is 2. The van der Waals surface area contributed by atoms with Crippen molar-refractivity contribution in [2.24, 2.45) is 12.8 Å². The largest absolute Gasteiger partial charge is 0.348 e. The van der Waals surface area contributed by atoms with Gasteiger partial charge in [0.1, 0.15) is 0 Å². The van der Waals surface area contributed by atoms with Gasteiger partial charge in [0.2, 0.25) is 0 Å². The van der Waals surface area contributed by atoms with Crippen LogP contribution in [0.25, 0.3) is 0 Å². The van der Waals surface area contributed by atoms with Crippen molar-refractivity contribution in [3.8, 4) is 0 Å². The molecular formula is C13H19N3O2. The SMILES string of the molecule is Cn1ccc(C(=O)N[C@@H]2CCCC[C@H]2N)cc1=O. The molecule has 1 aliphatic rings. The molecule has 1 amide bonds. The van der Waals surface area contributed by atoms with Gasteiger partial charge >= 0.3 is 0 Å². The minimum Gasteiger partial charge on any atom is -0.348 e. The minimum absolute atomic E-state index is 0.0224. The van der Waals surface area contributed by atoms with Gasteiger partial charge in [0.15, 0.2) is 0 Å². The fourth-order valence-corrected chi connectivity index (χ4v) is 2.28. The predicted octanol–water partition coefficient (Wildman–Crippen LogP) is 0.385. The number of nitrogens with one attached hydrogen (secondary N) is 1. The lowest BCUT2D eigenvalue weighted by atomic mass is 9.91. The second-order valence-electron chi connectivity index (χ2n) is 4.89. The highest BCUT2D eigenvalue weighted by Gasteiger charge is 2.23. The van der Waals surface area contributed by atoms with Gasteiger partial charge in [-0.3, -0.25) is 9.59 Å². The maximum atomic E-state index is 12.0. The molecule has 3 N–H and O–H groups in total. The van der Waals surface area contributed by atoms with Crippen LogP contribution in [0.15, 0.2) is 23.1 Å². The number of nitrogens with two attached hydrogens (primary N) is 1. The molecule has 1 aromatic rings. The van der Waals surface area contributed by atoms with Gasteiger partial charge in [0.05, 0.1) is 0 Å². The molecule has 1 heterocycles. The highest BCUT2D eigenvalue weighted by Crippen LogP contribution is 2.17. The number of aromatic nitrogens is 1. The lowest BCUT2D eigenvalue weighted by Gasteiger charge is -2.29. The van der Waals surface area contributed by atoms with Crippen LogP contribution in [-0.2, 0) is 7.05 Å². The van der Waals surface area contributed by atoms with E-state index in [0.29, 0.717) is 5.56 Å². The molecule has 18 heavy (non-hydrogen) atoms. The van der Waals surface area contributed by atoms with E-state index < -0.39 is 0 Å². The summed E-state index contributed by atoms with van der Waals surface area (Å²) in [6, 6.07) is 3.04. The highest BCUT2D eigenvalue weighted by atomic mass is 16.2. The molecule has 1 aromatic heterocycles. The van der Waals surface area contributed by atoms with E-state index >= 15 is 0 Å². The first-order valence-corrected chi connectivity index (χ1v) is 6.31. The van der Waals surface area contributed by atoms with Crippen LogP contribution in [0.1, 0.15) is 36.0 Å². The summed E-state index contributed by atoms with van der Waals surface area (Å²) in [6.45, 7) is 0. The van der Waals surface area contributed by atoms with Crippen LogP contribution in [-0.4, -0.2) is 22.6 Å². The Balaban J connectivity index is 2.07. The maximum absolute atomic E-state index is 12.0. The zero-order valence-corrected chi connectivity index (χ0v) is 10.6. The van der Waals surface area contributed by atoms with Gasteiger partial charge in [0.25, 0.3) is 11.5 Å². The average Bonchev–Trinajstić information content (AvgIpc) is 2.35. The summed E-state index contributed by atoms with van der Waals surface area (Å²) < 4.78 is 1.43. The third-order valence-corrected chi connectivity index (χ3v) is 3.50. The molecule has 0 radical (unpaired) electrons. The molecule has 98 valence electrons. The topological polar surface area (TPSA) is 77.1 Å². The van der Waals surface area contributed by atoms with E-state index in [1.807, 2.05) is 0 Å². The Morgan fingerprint density at radius 2 is 2.17 bits per heavy atom. The van der Waals surface area contributed by atoms with E-state index in [1.165, 1.54) is 10.6 Å². The predicted molar refractivity (Wildman–Crippen MR) is 69.4 cm³/mol. The Labute approximate surface area is 106 Å². The maximum Gasteiger partial charge on any atom is 0.251 e. The Bertz CT molecular complexity index is 495. The van der Waals surface area contributed by atoms with Crippen molar-refractivity contribution >= 4 is 5.91 Å². The van der Waals surface area contributed by atoms with Crippen LogP contribution in [0.3, 0.4) is 0 Å². The van der Waals surface area contributed by atoms with E-state index in [2.05, 4.69) is 5.32 Å². The highest BCUT2D eigenvalue weighted by molar-refractivity contribution is 5.94. The number of nitrogens with zero attached hydrogens (tertiary/aromatic N) is 1. The molecule has 0 saturated heterocycles. The molecule has 2 rings (SSSR count). The molecule has 0 bridgehead atoms. The third-order valence-electron chi connectivity index (χ3n) is 3.50. The van der Waals surface area contributed by atoms with Crippen molar-refractivity contribution in [3.63, 3.8) is 0 Å². The van der Waals surface area contributed by atoms with Gasteiger partial charge < -0.3 is 15.6 Å². The summed E-state index contributed by atoms with van der Waals surface area (Å²) in [6.07, 6.45) is 5.67. The smallest absolute Gasteiger partial charge is 0.251 e. The first-order chi connectivity index (χ1) is 8.58. The van der Waals surface area contributed by atoms with Crippen LogP contribution in [0.5, 0.6) is 0 Å². The van der Waals surface area contributed by atoms with Crippen molar-refractivity contribution in [1.29, 1.82) is 0 Å². The van der Waals surface area contributed by atoms with Crippen LogP contribution in [0, 0.1) is 0 Å². The number of rotatable bonds is 2. The fourth-order valence-electron chi connectivity index (χ4n) is 2.28. The number of hydrogen-bond acceptors (Lipinski definition) is 3. The number of amides is 1. The zero-order valence-electron chi connectivity index (χ0n) is 10.6. The van der Waals surface area contributed by atoms with Gasteiger partial charge in [-0.15, -0.1) is 0 Å². The molecule has 5 heteroatoms. The molecule has 1 aliphatic carbocycles. The Hall–Kier alpha value is -1.62. The molecule has 0 unspecified atom stereocenters. The number of carbonyl (C=O) groups excluding carboxylic acids is 1. The molecular weight excluding hydrogens is 230 g/mol. The second-order valence-corrected chi connectivity index (χ2v) is 4.89. The monoisotopic (exact) mass is 249 g/mol. The van der Waals surface area contributed by atoms with Gasteiger partial charge in [-0.25, -0.2) is 0 Å². The number of carbonyl (C=O) groups is 1. The quantitative estimate of drug-likeness (QED) is 0.795. The summed E-state index contributed by atoms with van der Waals surface area (Å²) in [7, 11) is 1.65. The summed E-state index contributed by atoms with van der Waals surface area (Å²) in [5.41, 5.74) is 6.19. The third kappa shape index (κ3) is 2.79. The molecule has 1 fully saturated rings. The Kier molecular flexibility index (Phi) is 3.81. The summed E-state index contributed by atoms with van der Waals surface area (Å²) in [5, 5.41) is 2.92. The molecule has 5 nitrogen and oxygen atoms in total. The van der Waals surface area contributed by atoms with E-state index in [1.54, 1.807) is 19.3 Å². The van der Waals surface area contributed by atoms with Crippen molar-refractivity contribution in [2.45, 2.75) is 37.8 Å². The van der Waals surface area contributed by atoms with Crippen molar-refractivity contribution in [3.05, 3.63) is 34.2 Å². The standard InChI is InChI=1S/C13H19N3O2/c1-16-7-6-9(8-12(16)17)13(18)15-11-5-3-2-4-10(11)14/h6-8,10-11H,2-5,14H2,1H3,(H,15,18)/t10-,11-/m1/s1. The Morgan fingerprint density at radius 1 is 1.44 bits per heavy atom. The Morgan fingerprint density at radius 3 is 2.83 bits per heavy atom. The second kappa shape index (κ2) is 5.35. The van der Waals surface area contributed by atoms with Crippen LogP contribution >= 0.6 is 0 Å². The summed E-state index contributed by atoms with van der Waals surface area (Å²) in [4.78, 5) is 23.5. The summed E-state index contributed by atoms with van der Waals surface area (Å²) in [5.74, 6) is -0.213. The molecule has 0 spiro atoms. The van der Waals surface area contributed by atoms with Crippen molar-refractivity contribution in [2.75, 3.05) is 0 Å². The number of pyridine rings is 1. The molecule has 1 saturated carbocycles. The van der Waals surface area contributed by atoms with Crippen LogP contribution in [0.4, 0.5) is 0 Å². The number of aryl methyl sites for hydroxylation is 1. The van der Waals surface area contributed by atoms with E-state index in [-0.39, 0.29) is 23.6 Å². The van der Waals surface area contributed by atoms with Crippen LogP contribution in [0.2, 0.25) is 0 Å². The fraction of sp³-hybridized carbons (Fsp3) is 0.538. The lowest BCUT2D eigenvalue weighted by molar-refractivity contribution is 0.0921. The van der Waals surface area contributed by atoms with Crippen molar-refractivity contribution < 1.29 is 4.79 Å². The van der Waals surface area contributed by atoms with Gasteiger partial charge in [-0.1, -0.05) is 12.8 Å². The molecule has 0 aliphatic heterocycles. The van der Waals surface area contributed by atoms with Gasteiger partial charge in [0, 0.05) is 37.0 Å². The first-order valence-electron chi connectivity index (χ1n) is 6.31. The minimum atomic E-state index is -0.213. The van der Waals surface area contributed by atoms with Gasteiger partial charge in [-0.05, 0) is 18.9 Å². The van der Waals surface area contributed by atoms with E-state index in [0.717, 1.165) is 25.7 Å². The normalized spacial score (nSPS) is 23.7. The van der Waals surface area contributed by atoms with E-state index in [9.17, 15) is 9.59 Å². The average molecular weight is 249 g/mol. The zero-order chi connectivity index (χ0) is 13.1.